The molecule has 0 spiro atoms. The highest BCUT2D eigenvalue weighted by atomic mass is 16.4. The number of carboxylic acid groups (broad SMARTS) is 1. The lowest BCUT2D eigenvalue weighted by molar-refractivity contribution is -0.135. The van der Waals surface area contributed by atoms with Crippen LogP contribution in [-0.4, -0.2) is 56.9 Å². The predicted octanol–water partition coefficient (Wildman–Crippen LogP) is 0.664. The van der Waals surface area contributed by atoms with Gasteiger partial charge in [-0.1, -0.05) is 5.92 Å². The number of likely N-dealkylation sites (N-methyl/N-ethyl adjacent to an activating group) is 1. The predicted molar refractivity (Wildman–Crippen MR) is 103 cm³/mol. The molecule has 9 nitrogen and oxygen atoms in total. The lowest BCUT2D eigenvalue weighted by atomic mass is 10.1. The zero-order valence-electron chi connectivity index (χ0n) is 15.9. The fraction of sp³-hybridized carbons (Fsp3) is 0.556. The van der Waals surface area contributed by atoms with Gasteiger partial charge < -0.3 is 14.9 Å². The largest absolute Gasteiger partial charge is 0.480 e. The van der Waals surface area contributed by atoms with Crippen LogP contribution in [0.1, 0.15) is 26.2 Å². The molecule has 144 valence electrons. The zero-order chi connectivity index (χ0) is 19.6. The van der Waals surface area contributed by atoms with Crippen molar-refractivity contribution in [3.63, 3.8) is 0 Å². The van der Waals surface area contributed by atoms with E-state index in [2.05, 4.69) is 26.7 Å². The van der Waals surface area contributed by atoms with Gasteiger partial charge in [-0.05, 0) is 26.2 Å². The second-order valence-corrected chi connectivity index (χ2v) is 6.67. The standard InChI is InChI=1S/C18H24N6O3/c1-4-5-11-24-14-15(20-18(24)23-9-7-6-8-10-23)19-17(22(3)16(14)27)21(2)12-13(25)26/h6-12H2,1-3H3,(H,25,26). The minimum atomic E-state index is -0.996. The van der Waals surface area contributed by atoms with E-state index in [-0.39, 0.29) is 18.1 Å². The Morgan fingerprint density at radius 2 is 1.96 bits per heavy atom. The van der Waals surface area contributed by atoms with Crippen LogP contribution in [0.15, 0.2) is 4.79 Å². The van der Waals surface area contributed by atoms with Crippen molar-refractivity contribution in [1.29, 1.82) is 0 Å². The van der Waals surface area contributed by atoms with E-state index < -0.39 is 5.97 Å². The summed E-state index contributed by atoms with van der Waals surface area (Å²) in [4.78, 5) is 36.8. The molecular formula is C18H24N6O3. The third kappa shape index (κ3) is 3.60. The number of hydrogen-bond donors (Lipinski definition) is 1. The van der Waals surface area contributed by atoms with Gasteiger partial charge in [-0.2, -0.15) is 9.97 Å². The number of aliphatic carboxylic acids is 1. The number of anilines is 2. The summed E-state index contributed by atoms with van der Waals surface area (Å²) < 4.78 is 3.19. The van der Waals surface area contributed by atoms with Gasteiger partial charge in [0.25, 0.3) is 5.56 Å². The Labute approximate surface area is 157 Å². The Kier molecular flexibility index (Phi) is 5.35. The molecule has 1 aliphatic heterocycles. The molecule has 1 N–H and O–H groups in total. The van der Waals surface area contributed by atoms with E-state index in [1.807, 2.05) is 4.57 Å². The summed E-state index contributed by atoms with van der Waals surface area (Å²) in [6.45, 7) is 3.63. The lowest BCUT2D eigenvalue weighted by Crippen LogP contribution is -2.33. The first-order chi connectivity index (χ1) is 12.9. The molecule has 2 aromatic rings. The first kappa shape index (κ1) is 18.8. The fourth-order valence-corrected chi connectivity index (χ4v) is 3.40. The van der Waals surface area contributed by atoms with Gasteiger partial charge >= 0.3 is 5.97 Å². The van der Waals surface area contributed by atoms with Crippen molar-refractivity contribution in [2.75, 3.05) is 36.5 Å². The third-order valence-corrected chi connectivity index (χ3v) is 4.71. The first-order valence-electron chi connectivity index (χ1n) is 8.98. The molecule has 0 amide bonds. The molecule has 0 bridgehead atoms. The van der Waals surface area contributed by atoms with Gasteiger partial charge in [0.2, 0.25) is 11.9 Å². The number of nitrogens with zero attached hydrogens (tertiary/aromatic N) is 6. The van der Waals surface area contributed by atoms with Crippen molar-refractivity contribution in [2.45, 2.75) is 32.7 Å². The topological polar surface area (TPSA) is 96.5 Å². The minimum absolute atomic E-state index is 0.257. The van der Waals surface area contributed by atoms with E-state index in [9.17, 15) is 9.59 Å². The first-order valence-corrected chi connectivity index (χ1v) is 8.98. The molecule has 0 unspecified atom stereocenters. The third-order valence-electron chi connectivity index (χ3n) is 4.71. The highest BCUT2D eigenvalue weighted by molar-refractivity contribution is 5.77. The smallest absolute Gasteiger partial charge is 0.323 e. The maximum absolute atomic E-state index is 13.0. The van der Waals surface area contributed by atoms with Crippen LogP contribution in [0.25, 0.3) is 11.2 Å². The maximum atomic E-state index is 13.0. The molecular weight excluding hydrogens is 348 g/mol. The Morgan fingerprint density at radius 1 is 1.26 bits per heavy atom. The summed E-state index contributed by atoms with van der Waals surface area (Å²) in [7, 11) is 3.18. The van der Waals surface area contributed by atoms with E-state index in [0.717, 1.165) is 25.9 Å². The van der Waals surface area contributed by atoms with Gasteiger partial charge in [0.1, 0.15) is 6.54 Å². The van der Waals surface area contributed by atoms with Crippen LogP contribution >= 0.6 is 0 Å². The minimum Gasteiger partial charge on any atom is -0.480 e. The molecule has 1 fully saturated rings. The normalized spacial score (nSPS) is 14.1. The monoisotopic (exact) mass is 372 g/mol. The second-order valence-electron chi connectivity index (χ2n) is 6.67. The van der Waals surface area contributed by atoms with E-state index >= 15 is 0 Å². The van der Waals surface area contributed by atoms with Crippen LogP contribution in [-0.2, 0) is 18.4 Å². The summed E-state index contributed by atoms with van der Waals surface area (Å²) in [5.74, 6) is 5.86. The van der Waals surface area contributed by atoms with E-state index in [1.54, 1.807) is 21.0 Å². The number of piperidine rings is 1. The van der Waals surface area contributed by atoms with Crippen LogP contribution < -0.4 is 15.4 Å². The maximum Gasteiger partial charge on any atom is 0.323 e. The van der Waals surface area contributed by atoms with Gasteiger partial charge in [0.15, 0.2) is 11.2 Å². The summed E-state index contributed by atoms with van der Waals surface area (Å²) in [5, 5.41) is 9.04. The molecule has 2 aromatic heterocycles. The van der Waals surface area contributed by atoms with Gasteiger partial charge in [0, 0.05) is 27.2 Å². The molecule has 0 aliphatic carbocycles. The average Bonchev–Trinajstić information content (AvgIpc) is 3.01. The summed E-state index contributed by atoms with van der Waals surface area (Å²) in [6, 6.07) is 0. The van der Waals surface area contributed by atoms with Crippen molar-refractivity contribution in [2.24, 2.45) is 7.05 Å². The van der Waals surface area contributed by atoms with Crippen LogP contribution in [0.4, 0.5) is 11.9 Å². The van der Waals surface area contributed by atoms with E-state index in [0.29, 0.717) is 23.7 Å². The summed E-state index contributed by atoms with van der Waals surface area (Å²) in [6.07, 6.45) is 3.36. The Morgan fingerprint density at radius 3 is 2.59 bits per heavy atom. The van der Waals surface area contributed by atoms with Crippen LogP contribution in [0.3, 0.4) is 0 Å². The Hall–Kier alpha value is -3.02. The number of hydrogen-bond acceptors (Lipinski definition) is 6. The van der Waals surface area contributed by atoms with Gasteiger partial charge in [-0.25, -0.2) is 0 Å². The van der Waals surface area contributed by atoms with Gasteiger partial charge in [-0.3, -0.25) is 18.7 Å². The van der Waals surface area contributed by atoms with Gasteiger partial charge in [-0.15, -0.1) is 5.92 Å². The molecule has 0 radical (unpaired) electrons. The number of imidazole rings is 1. The molecule has 0 saturated carbocycles. The van der Waals surface area contributed by atoms with E-state index in [4.69, 9.17) is 5.11 Å². The molecule has 1 aliphatic rings. The number of fused-ring (bicyclic) bond motifs is 1. The molecule has 1 saturated heterocycles. The van der Waals surface area contributed by atoms with E-state index in [1.165, 1.54) is 15.9 Å². The van der Waals surface area contributed by atoms with Crippen LogP contribution in [0.5, 0.6) is 0 Å². The average molecular weight is 372 g/mol. The summed E-state index contributed by atoms with van der Waals surface area (Å²) >= 11 is 0. The number of carbonyl (C=O) groups is 1. The van der Waals surface area contributed by atoms with Crippen molar-refractivity contribution in [3.05, 3.63) is 10.4 Å². The molecule has 3 rings (SSSR count). The summed E-state index contributed by atoms with van der Waals surface area (Å²) in [5.41, 5.74) is 0.456. The highest BCUT2D eigenvalue weighted by Crippen LogP contribution is 2.23. The Bertz CT molecular complexity index is 975. The quantitative estimate of drug-likeness (QED) is 0.770. The lowest BCUT2D eigenvalue weighted by Gasteiger charge is -2.27. The SMILES string of the molecule is CC#CCn1c(N2CCCCC2)nc2nc(N(C)CC(=O)O)n(C)c(=O)c21. The number of rotatable bonds is 5. The molecule has 27 heavy (non-hydrogen) atoms. The Balaban J connectivity index is 2.18. The van der Waals surface area contributed by atoms with Crippen molar-refractivity contribution in [1.82, 2.24) is 19.1 Å². The van der Waals surface area contributed by atoms with Crippen molar-refractivity contribution >= 4 is 29.0 Å². The van der Waals surface area contributed by atoms with Crippen LogP contribution in [0.2, 0.25) is 0 Å². The molecule has 9 heteroatoms. The fourth-order valence-electron chi connectivity index (χ4n) is 3.40. The van der Waals surface area contributed by atoms with Crippen LogP contribution in [0, 0.1) is 11.8 Å². The second kappa shape index (κ2) is 7.70. The highest BCUT2D eigenvalue weighted by Gasteiger charge is 2.24. The molecule has 3 heterocycles. The number of carboxylic acids is 1. The number of aromatic nitrogens is 4. The van der Waals surface area contributed by atoms with Gasteiger partial charge in [0.05, 0.1) is 6.54 Å². The zero-order valence-corrected chi connectivity index (χ0v) is 15.9. The van der Waals surface area contributed by atoms with Crippen molar-refractivity contribution < 1.29 is 9.90 Å². The molecule has 0 aromatic carbocycles. The van der Waals surface area contributed by atoms with Crippen molar-refractivity contribution in [3.8, 4) is 11.8 Å². The molecule has 0 atom stereocenters.